The summed E-state index contributed by atoms with van der Waals surface area (Å²) in [4.78, 5) is 15.7. The molecule has 27 heavy (non-hydrogen) atoms. The maximum Gasteiger partial charge on any atom is 0.487 e. The first kappa shape index (κ1) is 20.1. The molecular formula is C21H31BN2O3. The summed E-state index contributed by atoms with van der Waals surface area (Å²) in [7, 11) is -0.313. The summed E-state index contributed by atoms with van der Waals surface area (Å²) in [6, 6.07) is 8.59. The Morgan fingerprint density at radius 2 is 1.59 bits per heavy atom. The van der Waals surface area contributed by atoms with Crippen LogP contribution in [-0.4, -0.2) is 60.2 Å². The van der Waals surface area contributed by atoms with E-state index in [9.17, 15) is 4.79 Å². The molecule has 0 bridgehead atoms. The number of hydrogen-bond donors (Lipinski definition) is 0. The highest BCUT2D eigenvalue weighted by atomic mass is 16.7. The van der Waals surface area contributed by atoms with Crippen LogP contribution in [0.2, 0.25) is 0 Å². The van der Waals surface area contributed by atoms with Gasteiger partial charge in [0.05, 0.1) is 11.2 Å². The minimum Gasteiger partial charge on any atom is -0.400 e. The molecule has 0 saturated carbocycles. The molecule has 2 aliphatic heterocycles. The Hall–Kier alpha value is -1.63. The topological polar surface area (TPSA) is 42.0 Å². The van der Waals surface area contributed by atoms with E-state index in [0.717, 1.165) is 38.3 Å². The maximum atomic E-state index is 11.4. The fourth-order valence-electron chi connectivity index (χ4n) is 3.37. The van der Waals surface area contributed by atoms with Gasteiger partial charge in [0.2, 0.25) is 5.91 Å². The van der Waals surface area contributed by atoms with Crippen LogP contribution in [0, 0.1) is 0 Å². The van der Waals surface area contributed by atoms with Crippen LogP contribution in [-0.2, 0) is 20.6 Å². The zero-order valence-corrected chi connectivity index (χ0v) is 17.2. The van der Waals surface area contributed by atoms with Crippen LogP contribution < -0.4 is 0 Å². The van der Waals surface area contributed by atoms with Gasteiger partial charge in [-0.3, -0.25) is 9.69 Å². The molecule has 0 radical (unpaired) electrons. The Labute approximate surface area is 163 Å². The minimum atomic E-state index is -0.313. The largest absolute Gasteiger partial charge is 0.487 e. The normalized spacial score (nSPS) is 22.6. The molecule has 146 valence electrons. The van der Waals surface area contributed by atoms with E-state index in [1.807, 2.05) is 10.9 Å². The molecule has 0 atom stereocenters. The summed E-state index contributed by atoms with van der Waals surface area (Å²) in [6.07, 6.45) is 2.05. The number of rotatable bonds is 4. The van der Waals surface area contributed by atoms with E-state index in [-0.39, 0.29) is 24.2 Å². The Morgan fingerprint density at radius 1 is 1.04 bits per heavy atom. The third kappa shape index (κ3) is 4.81. The van der Waals surface area contributed by atoms with Crippen LogP contribution in [0.4, 0.5) is 0 Å². The molecule has 0 spiro atoms. The van der Waals surface area contributed by atoms with Crippen molar-refractivity contribution < 1.29 is 14.1 Å². The zero-order valence-electron chi connectivity index (χ0n) is 17.2. The SMILES string of the molecule is CC(=O)N1CCN(Cc2ccc(C=CB3OC(C)(C)C(C)(C)O3)cc2)CC1. The van der Waals surface area contributed by atoms with Gasteiger partial charge in [-0.25, -0.2) is 0 Å². The van der Waals surface area contributed by atoms with Gasteiger partial charge in [0.15, 0.2) is 0 Å². The molecule has 3 rings (SSSR count). The molecule has 0 aliphatic carbocycles. The van der Waals surface area contributed by atoms with E-state index in [1.54, 1.807) is 6.92 Å². The predicted molar refractivity (Wildman–Crippen MR) is 109 cm³/mol. The average molecular weight is 370 g/mol. The van der Waals surface area contributed by atoms with Crippen molar-refractivity contribution in [3.63, 3.8) is 0 Å². The summed E-state index contributed by atoms with van der Waals surface area (Å²) in [5.41, 5.74) is 1.81. The monoisotopic (exact) mass is 370 g/mol. The lowest BCUT2D eigenvalue weighted by Gasteiger charge is -2.34. The Balaban J connectivity index is 1.52. The van der Waals surface area contributed by atoms with Gasteiger partial charge in [-0.1, -0.05) is 36.3 Å². The summed E-state index contributed by atoms with van der Waals surface area (Å²) >= 11 is 0. The average Bonchev–Trinajstić information content (AvgIpc) is 2.82. The van der Waals surface area contributed by atoms with Crippen LogP contribution in [0.1, 0.15) is 45.7 Å². The third-order valence-electron chi connectivity index (χ3n) is 5.92. The molecule has 1 aromatic rings. The molecule has 0 N–H and O–H groups in total. The van der Waals surface area contributed by atoms with E-state index in [4.69, 9.17) is 9.31 Å². The third-order valence-corrected chi connectivity index (χ3v) is 5.92. The Bertz CT molecular complexity index is 676. The van der Waals surface area contributed by atoms with E-state index in [1.165, 1.54) is 5.56 Å². The van der Waals surface area contributed by atoms with Gasteiger partial charge in [0.1, 0.15) is 0 Å². The number of hydrogen-bond acceptors (Lipinski definition) is 4. The van der Waals surface area contributed by atoms with Crippen molar-refractivity contribution in [1.29, 1.82) is 0 Å². The summed E-state index contributed by atoms with van der Waals surface area (Å²) in [5, 5.41) is 0. The van der Waals surface area contributed by atoms with E-state index in [2.05, 4.69) is 62.9 Å². The van der Waals surface area contributed by atoms with Crippen LogP contribution in [0.5, 0.6) is 0 Å². The van der Waals surface area contributed by atoms with Crippen molar-refractivity contribution in [1.82, 2.24) is 9.80 Å². The molecule has 2 heterocycles. The van der Waals surface area contributed by atoms with E-state index >= 15 is 0 Å². The molecule has 1 amide bonds. The number of carbonyl (C=O) groups is 1. The number of benzene rings is 1. The second kappa shape index (κ2) is 7.78. The highest BCUT2D eigenvalue weighted by Gasteiger charge is 2.49. The van der Waals surface area contributed by atoms with Gasteiger partial charge < -0.3 is 14.2 Å². The van der Waals surface area contributed by atoms with Crippen molar-refractivity contribution in [2.75, 3.05) is 26.2 Å². The number of nitrogens with zero attached hydrogens (tertiary/aromatic N) is 2. The fraction of sp³-hybridized carbons (Fsp3) is 0.571. The Morgan fingerprint density at radius 3 is 2.11 bits per heavy atom. The first-order valence-corrected chi connectivity index (χ1v) is 9.77. The van der Waals surface area contributed by atoms with E-state index in [0.29, 0.717) is 0 Å². The van der Waals surface area contributed by atoms with Crippen molar-refractivity contribution in [3.05, 3.63) is 41.4 Å². The molecule has 2 fully saturated rings. The summed E-state index contributed by atoms with van der Waals surface area (Å²) < 4.78 is 12.0. The smallest absolute Gasteiger partial charge is 0.400 e. The van der Waals surface area contributed by atoms with E-state index < -0.39 is 0 Å². The number of amides is 1. The first-order valence-electron chi connectivity index (χ1n) is 9.77. The lowest BCUT2D eigenvalue weighted by molar-refractivity contribution is -0.130. The van der Waals surface area contributed by atoms with Gasteiger partial charge >= 0.3 is 7.12 Å². The highest BCUT2D eigenvalue weighted by molar-refractivity contribution is 6.52. The van der Waals surface area contributed by atoms with Crippen molar-refractivity contribution in [2.24, 2.45) is 0 Å². The molecule has 6 heteroatoms. The maximum absolute atomic E-state index is 11.4. The first-order chi connectivity index (χ1) is 12.7. The van der Waals surface area contributed by atoms with Crippen LogP contribution in [0.3, 0.4) is 0 Å². The minimum absolute atomic E-state index is 0.174. The van der Waals surface area contributed by atoms with Crippen LogP contribution in [0.25, 0.3) is 6.08 Å². The number of piperazine rings is 1. The quantitative estimate of drug-likeness (QED) is 0.765. The lowest BCUT2D eigenvalue weighted by Crippen LogP contribution is -2.47. The van der Waals surface area contributed by atoms with Crippen molar-refractivity contribution in [2.45, 2.75) is 52.4 Å². The second-order valence-electron chi connectivity index (χ2n) is 8.51. The second-order valence-corrected chi connectivity index (χ2v) is 8.51. The molecule has 0 aromatic heterocycles. The van der Waals surface area contributed by atoms with Crippen LogP contribution >= 0.6 is 0 Å². The lowest BCUT2D eigenvalue weighted by atomic mass is 9.89. The summed E-state index contributed by atoms with van der Waals surface area (Å²) in [6.45, 7) is 14.3. The Kier molecular flexibility index (Phi) is 5.80. The van der Waals surface area contributed by atoms with Gasteiger partial charge in [-0.05, 0) is 38.8 Å². The van der Waals surface area contributed by atoms with Crippen LogP contribution in [0.15, 0.2) is 30.2 Å². The molecule has 2 saturated heterocycles. The van der Waals surface area contributed by atoms with Gasteiger partial charge in [-0.15, -0.1) is 0 Å². The molecular weight excluding hydrogens is 339 g/mol. The fourth-order valence-corrected chi connectivity index (χ4v) is 3.37. The predicted octanol–water partition coefficient (Wildman–Crippen LogP) is 3.00. The molecule has 5 nitrogen and oxygen atoms in total. The summed E-state index contributed by atoms with van der Waals surface area (Å²) in [5.74, 6) is 2.15. The van der Waals surface area contributed by atoms with Crippen molar-refractivity contribution in [3.8, 4) is 0 Å². The van der Waals surface area contributed by atoms with Gasteiger partial charge in [-0.2, -0.15) is 0 Å². The van der Waals surface area contributed by atoms with Gasteiger partial charge in [0, 0.05) is 39.6 Å². The molecule has 2 aliphatic rings. The molecule has 0 unspecified atom stereocenters. The number of carbonyl (C=O) groups excluding carboxylic acids is 1. The highest BCUT2D eigenvalue weighted by Crippen LogP contribution is 2.37. The standard InChI is InChI=1S/C21H31BN2O3/c1-17(25)24-14-12-23(13-15-24)16-19-8-6-18(7-9-19)10-11-22-26-20(2,3)21(4,5)27-22/h6-11H,12-16H2,1-5H3. The zero-order chi connectivity index (χ0) is 19.7. The molecule has 1 aromatic carbocycles. The van der Waals surface area contributed by atoms with Gasteiger partial charge in [0.25, 0.3) is 0 Å². The van der Waals surface area contributed by atoms with Crippen molar-refractivity contribution >= 4 is 19.1 Å².